The molecule has 0 fully saturated rings. The van der Waals surface area contributed by atoms with Crippen LogP contribution in [0.1, 0.15) is 10.4 Å². The number of aromatic nitrogens is 2. The number of nitro benzene ring substituents is 1. The maximum absolute atomic E-state index is 11.3. The van der Waals surface area contributed by atoms with Gasteiger partial charge in [-0.2, -0.15) is 0 Å². The monoisotopic (exact) mass is 237 g/mol. The summed E-state index contributed by atoms with van der Waals surface area (Å²) in [5, 5.41) is 19.6. The first-order valence-electron chi connectivity index (χ1n) is 4.52. The van der Waals surface area contributed by atoms with Gasteiger partial charge in [0.2, 0.25) is 0 Å². The Balaban J connectivity index is 2.96. The highest BCUT2D eigenvalue weighted by atomic mass is 16.6. The molecule has 0 aliphatic rings. The van der Waals surface area contributed by atoms with Gasteiger partial charge in [-0.3, -0.25) is 14.7 Å². The van der Waals surface area contributed by atoms with Gasteiger partial charge in [-0.05, 0) is 0 Å². The van der Waals surface area contributed by atoms with Crippen LogP contribution < -0.4 is 5.69 Å². The van der Waals surface area contributed by atoms with Gasteiger partial charge in [0.15, 0.2) is 0 Å². The van der Waals surface area contributed by atoms with Gasteiger partial charge < -0.3 is 10.1 Å². The van der Waals surface area contributed by atoms with Crippen molar-refractivity contribution in [1.82, 2.24) is 9.55 Å². The van der Waals surface area contributed by atoms with Crippen LogP contribution >= 0.6 is 0 Å². The van der Waals surface area contributed by atoms with E-state index in [2.05, 4.69) is 4.98 Å². The lowest BCUT2D eigenvalue weighted by molar-refractivity contribution is -0.384. The number of nitro groups is 1. The lowest BCUT2D eigenvalue weighted by Crippen LogP contribution is -2.13. The number of carbonyl (C=O) groups is 1. The minimum atomic E-state index is -1.33. The molecule has 88 valence electrons. The average molecular weight is 237 g/mol. The number of hydrogen-bond donors (Lipinski definition) is 2. The van der Waals surface area contributed by atoms with Crippen LogP contribution in [0.15, 0.2) is 16.9 Å². The Morgan fingerprint density at radius 3 is 2.71 bits per heavy atom. The fourth-order valence-corrected chi connectivity index (χ4v) is 1.64. The number of aromatic amines is 1. The summed E-state index contributed by atoms with van der Waals surface area (Å²) in [5.41, 5.74) is -0.924. The highest BCUT2D eigenvalue weighted by Gasteiger charge is 2.19. The Hall–Kier alpha value is -2.64. The zero-order valence-corrected chi connectivity index (χ0v) is 8.63. The summed E-state index contributed by atoms with van der Waals surface area (Å²) >= 11 is 0. The van der Waals surface area contributed by atoms with Crippen molar-refractivity contribution in [3.8, 4) is 0 Å². The first-order valence-corrected chi connectivity index (χ1v) is 4.52. The Bertz CT molecular complexity index is 696. The second-order valence-electron chi connectivity index (χ2n) is 3.44. The molecule has 0 amide bonds. The Labute approximate surface area is 93.3 Å². The molecule has 2 rings (SSSR count). The molecule has 0 aliphatic heterocycles. The molecule has 1 heterocycles. The third kappa shape index (κ3) is 1.55. The molecule has 17 heavy (non-hydrogen) atoms. The number of carboxylic acids is 1. The molecule has 0 aliphatic carbocycles. The van der Waals surface area contributed by atoms with Gasteiger partial charge in [0.1, 0.15) is 0 Å². The van der Waals surface area contributed by atoms with Crippen LogP contribution in [-0.4, -0.2) is 25.6 Å². The van der Waals surface area contributed by atoms with E-state index in [1.54, 1.807) is 0 Å². The predicted octanol–water partition coefficient (Wildman–Crippen LogP) is 0.473. The molecule has 8 nitrogen and oxygen atoms in total. The van der Waals surface area contributed by atoms with Crippen molar-refractivity contribution in [2.75, 3.05) is 0 Å². The van der Waals surface area contributed by atoms with Crippen molar-refractivity contribution in [2.24, 2.45) is 7.05 Å². The average Bonchev–Trinajstić information content (AvgIpc) is 2.53. The second kappa shape index (κ2) is 3.44. The van der Waals surface area contributed by atoms with Crippen molar-refractivity contribution >= 4 is 22.7 Å². The number of fused-ring (bicyclic) bond motifs is 1. The summed E-state index contributed by atoms with van der Waals surface area (Å²) in [6.07, 6.45) is 0. The predicted molar refractivity (Wildman–Crippen MR) is 57.2 cm³/mol. The van der Waals surface area contributed by atoms with Crippen LogP contribution in [0.3, 0.4) is 0 Å². The third-order valence-electron chi connectivity index (χ3n) is 2.42. The largest absolute Gasteiger partial charge is 0.478 e. The van der Waals surface area contributed by atoms with Crippen molar-refractivity contribution < 1.29 is 14.8 Å². The number of H-pyrrole nitrogens is 1. The van der Waals surface area contributed by atoms with Gasteiger partial charge in [0, 0.05) is 19.2 Å². The lowest BCUT2D eigenvalue weighted by Gasteiger charge is -2.00. The normalized spacial score (nSPS) is 10.6. The summed E-state index contributed by atoms with van der Waals surface area (Å²) in [6.45, 7) is 0. The summed E-state index contributed by atoms with van der Waals surface area (Å²) in [5.74, 6) is -1.33. The van der Waals surface area contributed by atoms with Crippen LogP contribution in [0.2, 0.25) is 0 Å². The van der Waals surface area contributed by atoms with Gasteiger partial charge in [-0.25, -0.2) is 9.59 Å². The molecular weight excluding hydrogens is 230 g/mol. The van der Waals surface area contributed by atoms with Crippen molar-refractivity contribution in [1.29, 1.82) is 0 Å². The summed E-state index contributed by atoms with van der Waals surface area (Å²) in [7, 11) is 1.39. The summed E-state index contributed by atoms with van der Waals surface area (Å²) in [4.78, 5) is 34.6. The summed E-state index contributed by atoms with van der Waals surface area (Å²) < 4.78 is 1.10. The SMILES string of the molecule is Cn1c(=O)[nH]c2cc([N+](=O)[O-])cc(C(=O)O)c21. The highest BCUT2D eigenvalue weighted by Crippen LogP contribution is 2.23. The second-order valence-corrected chi connectivity index (χ2v) is 3.44. The van der Waals surface area contributed by atoms with Gasteiger partial charge in [0.05, 0.1) is 21.5 Å². The number of imidazole rings is 1. The Morgan fingerprint density at radius 1 is 1.53 bits per heavy atom. The fraction of sp³-hybridized carbons (Fsp3) is 0.111. The molecular formula is C9H7N3O5. The molecule has 0 bridgehead atoms. The molecule has 2 N–H and O–H groups in total. The number of benzene rings is 1. The number of carboxylic acid groups (broad SMARTS) is 1. The van der Waals surface area contributed by atoms with Crippen LogP contribution in [-0.2, 0) is 7.05 Å². The molecule has 0 saturated carbocycles. The molecule has 0 spiro atoms. The lowest BCUT2D eigenvalue weighted by atomic mass is 10.1. The van der Waals surface area contributed by atoms with Gasteiger partial charge in [-0.1, -0.05) is 0 Å². The highest BCUT2D eigenvalue weighted by molar-refractivity contribution is 6.02. The molecule has 0 radical (unpaired) electrons. The quantitative estimate of drug-likeness (QED) is 0.581. The molecule has 1 aromatic carbocycles. The van der Waals surface area contributed by atoms with E-state index in [1.807, 2.05) is 0 Å². The maximum atomic E-state index is 11.3. The minimum absolute atomic E-state index is 0.129. The number of non-ortho nitro benzene ring substituents is 1. The number of nitrogens with one attached hydrogen (secondary N) is 1. The van der Waals surface area contributed by atoms with E-state index >= 15 is 0 Å². The van der Waals surface area contributed by atoms with Crippen molar-refractivity contribution in [3.63, 3.8) is 0 Å². The van der Waals surface area contributed by atoms with Crippen LogP contribution in [0, 0.1) is 10.1 Å². The van der Waals surface area contributed by atoms with E-state index in [-0.39, 0.29) is 22.3 Å². The zero-order chi connectivity index (χ0) is 12.7. The number of rotatable bonds is 2. The molecule has 0 unspecified atom stereocenters. The Morgan fingerprint density at radius 2 is 2.18 bits per heavy atom. The maximum Gasteiger partial charge on any atom is 0.338 e. The molecule has 1 aromatic heterocycles. The van der Waals surface area contributed by atoms with Gasteiger partial charge in [0.25, 0.3) is 5.69 Å². The number of nitrogens with zero attached hydrogens (tertiary/aromatic N) is 2. The zero-order valence-electron chi connectivity index (χ0n) is 8.63. The minimum Gasteiger partial charge on any atom is -0.478 e. The molecule has 2 aromatic rings. The van der Waals surface area contributed by atoms with E-state index < -0.39 is 16.6 Å². The molecule has 8 heteroatoms. The first-order chi connectivity index (χ1) is 7.91. The van der Waals surface area contributed by atoms with E-state index in [0.29, 0.717) is 0 Å². The summed E-state index contributed by atoms with van der Waals surface area (Å²) in [6, 6.07) is 2.06. The van der Waals surface area contributed by atoms with E-state index in [9.17, 15) is 19.7 Å². The standard InChI is InChI=1S/C9H7N3O5/c1-11-7-5(8(13)14)2-4(12(16)17)3-6(7)10-9(11)15/h2-3H,1H3,(H,10,15)(H,13,14). The topological polar surface area (TPSA) is 118 Å². The fourth-order valence-electron chi connectivity index (χ4n) is 1.64. The number of aryl methyl sites for hydroxylation is 1. The van der Waals surface area contributed by atoms with Gasteiger partial charge >= 0.3 is 11.7 Å². The molecule has 0 atom stereocenters. The number of hydrogen-bond acceptors (Lipinski definition) is 4. The van der Waals surface area contributed by atoms with E-state index in [1.165, 1.54) is 7.05 Å². The van der Waals surface area contributed by atoms with Crippen molar-refractivity contribution in [2.45, 2.75) is 0 Å². The van der Waals surface area contributed by atoms with Crippen molar-refractivity contribution in [3.05, 3.63) is 38.3 Å². The Kier molecular flexibility index (Phi) is 2.20. The van der Waals surface area contributed by atoms with Crippen LogP contribution in [0.25, 0.3) is 11.0 Å². The molecule has 0 saturated heterocycles. The smallest absolute Gasteiger partial charge is 0.338 e. The third-order valence-corrected chi connectivity index (χ3v) is 2.42. The van der Waals surface area contributed by atoms with E-state index in [4.69, 9.17) is 5.11 Å². The van der Waals surface area contributed by atoms with Gasteiger partial charge in [-0.15, -0.1) is 0 Å². The first kappa shape index (κ1) is 10.9. The van der Waals surface area contributed by atoms with E-state index in [0.717, 1.165) is 16.7 Å². The number of aromatic carboxylic acids is 1. The van der Waals surface area contributed by atoms with Crippen LogP contribution in [0.4, 0.5) is 5.69 Å². The van der Waals surface area contributed by atoms with Crippen LogP contribution in [0.5, 0.6) is 0 Å².